The van der Waals surface area contributed by atoms with Crippen LogP contribution < -0.4 is 5.73 Å². The van der Waals surface area contributed by atoms with Crippen LogP contribution in [0.15, 0.2) is 24.3 Å². The highest BCUT2D eigenvalue weighted by Gasteiger charge is 2.02. The summed E-state index contributed by atoms with van der Waals surface area (Å²) in [5, 5.41) is 0. The van der Waals surface area contributed by atoms with Crippen molar-refractivity contribution >= 4 is 5.69 Å². The van der Waals surface area contributed by atoms with Gasteiger partial charge in [0.05, 0.1) is 6.67 Å². The summed E-state index contributed by atoms with van der Waals surface area (Å²) in [6, 6.07) is 7.77. The highest BCUT2D eigenvalue weighted by atomic mass is 19.1. The number of benzene rings is 1. The van der Waals surface area contributed by atoms with E-state index in [2.05, 4.69) is 4.90 Å². The van der Waals surface area contributed by atoms with E-state index in [-0.39, 0.29) is 6.67 Å². The fourth-order valence-electron chi connectivity index (χ4n) is 1.38. The van der Waals surface area contributed by atoms with Crippen molar-refractivity contribution in [2.45, 2.75) is 13.0 Å². The summed E-state index contributed by atoms with van der Waals surface area (Å²) in [4.78, 5) is 2.07. The molecule has 3 heteroatoms. The number of anilines is 1. The third-order valence-corrected chi connectivity index (χ3v) is 2.17. The Morgan fingerprint density at radius 3 is 2.71 bits per heavy atom. The summed E-state index contributed by atoms with van der Waals surface area (Å²) < 4.78 is 11.9. The normalized spacial score (nSPS) is 10.8. The summed E-state index contributed by atoms with van der Waals surface area (Å²) >= 11 is 0. The van der Waals surface area contributed by atoms with E-state index in [9.17, 15) is 4.39 Å². The lowest BCUT2D eigenvalue weighted by atomic mass is 10.1. The topological polar surface area (TPSA) is 29.3 Å². The Bertz CT molecular complexity index is 276. The molecule has 0 heterocycles. The van der Waals surface area contributed by atoms with Crippen molar-refractivity contribution in [3.05, 3.63) is 29.8 Å². The average Bonchev–Trinajstić information content (AvgIpc) is 2.18. The summed E-state index contributed by atoms with van der Waals surface area (Å²) in [5.74, 6) is 0. The molecule has 0 unspecified atom stereocenters. The molecule has 0 bridgehead atoms. The van der Waals surface area contributed by atoms with Crippen LogP contribution in [0, 0.1) is 0 Å². The summed E-state index contributed by atoms with van der Waals surface area (Å²) in [5.41, 5.74) is 7.71. The van der Waals surface area contributed by atoms with Crippen molar-refractivity contribution in [2.24, 2.45) is 0 Å². The van der Waals surface area contributed by atoms with Crippen LogP contribution in [0.2, 0.25) is 0 Å². The fraction of sp³-hybridized carbons (Fsp3) is 0.455. The number of nitrogens with zero attached hydrogens (tertiary/aromatic N) is 1. The molecule has 2 N–H and O–H groups in total. The van der Waals surface area contributed by atoms with E-state index in [1.807, 2.05) is 31.3 Å². The Labute approximate surface area is 84.5 Å². The van der Waals surface area contributed by atoms with Crippen LogP contribution in [0.1, 0.15) is 12.0 Å². The molecule has 78 valence electrons. The van der Waals surface area contributed by atoms with E-state index in [4.69, 9.17) is 5.73 Å². The van der Waals surface area contributed by atoms with Crippen molar-refractivity contribution < 1.29 is 4.39 Å². The molecule has 1 rings (SSSR count). The summed E-state index contributed by atoms with van der Waals surface area (Å²) in [6.45, 7) is 1.30. The largest absolute Gasteiger partial charge is 0.398 e. The molecule has 0 aromatic heterocycles. The number of alkyl halides is 1. The van der Waals surface area contributed by atoms with Gasteiger partial charge in [0.1, 0.15) is 0 Å². The molecule has 0 atom stereocenters. The highest BCUT2D eigenvalue weighted by molar-refractivity contribution is 5.46. The third kappa shape index (κ3) is 3.34. The van der Waals surface area contributed by atoms with Gasteiger partial charge in [-0.1, -0.05) is 18.2 Å². The molecule has 0 saturated carbocycles. The molecule has 0 saturated heterocycles. The maximum absolute atomic E-state index is 11.9. The monoisotopic (exact) mass is 196 g/mol. The number of rotatable bonds is 5. The van der Waals surface area contributed by atoms with Gasteiger partial charge in [-0.15, -0.1) is 0 Å². The standard InChI is InChI=1S/C11H17FN2/c1-14(8-4-7-12)9-10-5-2-3-6-11(10)13/h2-3,5-6H,4,7-9,13H2,1H3. The Balaban J connectivity index is 2.47. The molecule has 0 aliphatic rings. The van der Waals surface area contributed by atoms with Crippen LogP contribution in [0.3, 0.4) is 0 Å². The minimum Gasteiger partial charge on any atom is -0.398 e. The van der Waals surface area contributed by atoms with Crippen molar-refractivity contribution in [1.29, 1.82) is 0 Å². The second kappa shape index (κ2) is 5.60. The Hall–Kier alpha value is -1.09. The van der Waals surface area contributed by atoms with Gasteiger partial charge in [-0.05, 0) is 25.1 Å². The number of para-hydroxylation sites is 1. The van der Waals surface area contributed by atoms with Gasteiger partial charge in [0.15, 0.2) is 0 Å². The molecular weight excluding hydrogens is 179 g/mol. The van der Waals surface area contributed by atoms with Crippen LogP contribution in [0.25, 0.3) is 0 Å². The Morgan fingerprint density at radius 1 is 1.36 bits per heavy atom. The van der Waals surface area contributed by atoms with Gasteiger partial charge in [0.25, 0.3) is 0 Å². The van der Waals surface area contributed by atoms with E-state index in [1.165, 1.54) is 0 Å². The number of nitrogens with two attached hydrogens (primary N) is 1. The highest BCUT2D eigenvalue weighted by Crippen LogP contribution is 2.12. The molecule has 0 aliphatic carbocycles. The van der Waals surface area contributed by atoms with Crippen LogP contribution in [0.4, 0.5) is 10.1 Å². The van der Waals surface area contributed by atoms with Crippen LogP contribution >= 0.6 is 0 Å². The lowest BCUT2D eigenvalue weighted by molar-refractivity contribution is 0.303. The summed E-state index contributed by atoms with van der Waals surface area (Å²) in [7, 11) is 1.97. The van der Waals surface area contributed by atoms with Gasteiger partial charge in [0, 0.05) is 18.8 Å². The molecule has 1 aromatic rings. The molecule has 14 heavy (non-hydrogen) atoms. The van der Waals surface area contributed by atoms with Gasteiger partial charge < -0.3 is 10.6 Å². The number of nitrogen functional groups attached to an aromatic ring is 1. The van der Waals surface area contributed by atoms with E-state index in [1.54, 1.807) is 0 Å². The second-order valence-electron chi connectivity index (χ2n) is 3.48. The lowest BCUT2D eigenvalue weighted by Gasteiger charge is -2.16. The van der Waals surface area contributed by atoms with Gasteiger partial charge in [-0.2, -0.15) is 0 Å². The zero-order chi connectivity index (χ0) is 10.4. The van der Waals surface area contributed by atoms with Crippen molar-refractivity contribution in [2.75, 3.05) is 26.0 Å². The quantitative estimate of drug-likeness (QED) is 0.730. The zero-order valence-electron chi connectivity index (χ0n) is 8.54. The lowest BCUT2D eigenvalue weighted by Crippen LogP contribution is -2.20. The molecule has 0 aliphatic heterocycles. The first kappa shape index (κ1) is 11.0. The van der Waals surface area contributed by atoms with E-state index >= 15 is 0 Å². The van der Waals surface area contributed by atoms with Crippen LogP contribution in [-0.2, 0) is 6.54 Å². The third-order valence-electron chi connectivity index (χ3n) is 2.17. The first-order valence-corrected chi connectivity index (χ1v) is 4.82. The molecule has 0 radical (unpaired) electrons. The smallest absolute Gasteiger partial charge is 0.0906 e. The zero-order valence-corrected chi connectivity index (χ0v) is 8.54. The SMILES string of the molecule is CN(CCCF)Cc1ccccc1N. The van der Waals surface area contributed by atoms with Crippen molar-refractivity contribution in [3.8, 4) is 0 Å². The predicted molar refractivity (Wildman–Crippen MR) is 57.8 cm³/mol. The Kier molecular flexibility index (Phi) is 4.40. The van der Waals surface area contributed by atoms with E-state index in [0.29, 0.717) is 6.42 Å². The number of hydrogen-bond donors (Lipinski definition) is 1. The van der Waals surface area contributed by atoms with Gasteiger partial charge in [-0.25, -0.2) is 0 Å². The van der Waals surface area contributed by atoms with Crippen molar-refractivity contribution in [3.63, 3.8) is 0 Å². The maximum atomic E-state index is 11.9. The molecule has 0 fully saturated rings. The van der Waals surface area contributed by atoms with Crippen LogP contribution in [-0.4, -0.2) is 25.2 Å². The average molecular weight is 196 g/mol. The predicted octanol–water partition coefficient (Wildman–Crippen LogP) is 2.06. The molecule has 0 spiro atoms. The van der Waals surface area contributed by atoms with Gasteiger partial charge in [-0.3, -0.25) is 4.39 Å². The molecule has 2 nitrogen and oxygen atoms in total. The molecule has 1 aromatic carbocycles. The van der Waals surface area contributed by atoms with Crippen molar-refractivity contribution in [1.82, 2.24) is 4.90 Å². The number of halogens is 1. The summed E-state index contributed by atoms with van der Waals surface area (Å²) in [6.07, 6.45) is 0.587. The van der Waals surface area contributed by atoms with E-state index < -0.39 is 0 Å². The van der Waals surface area contributed by atoms with E-state index in [0.717, 1.165) is 24.3 Å². The first-order chi connectivity index (χ1) is 6.74. The first-order valence-electron chi connectivity index (χ1n) is 4.82. The molecular formula is C11H17FN2. The van der Waals surface area contributed by atoms with Gasteiger partial charge >= 0.3 is 0 Å². The van der Waals surface area contributed by atoms with Crippen LogP contribution in [0.5, 0.6) is 0 Å². The second-order valence-corrected chi connectivity index (χ2v) is 3.48. The van der Waals surface area contributed by atoms with Gasteiger partial charge in [0.2, 0.25) is 0 Å². The number of hydrogen-bond acceptors (Lipinski definition) is 2. The Morgan fingerprint density at radius 2 is 2.07 bits per heavy atom. The fourth-order valence-corrected chi connectivity index (χ4v) is 1.38. The minimum atomic E-state index is -0.255. The minimum absolute atomic E-state index is 0.255. The maximum Gasteiger partial charge on any atom is 0.0906 e. The molecule has 0 amide bonds.